The van der Waals surface area contributed by atoms with Crippen LogP contribution in [-0.2, 0) is 13.0 Å². The fraction of sp³-hybridized carbons (Fsp3) is 0.333. The summed E-state index contributed by atoms with van der Waals surface area (Å²) in [7, 11) is 0. The van der Waals surface area contributed by atoms with Gasteiger partial charge in [-0.05, 0) is 29.5 Å². The average molecular weight is 241 g/mol. The van der Waals surface area contributed by atoms with Crippen LogP contribution in [0.3, 0.4) is 0 Å². The van der Waals surface area contributed by atoms with E-state index in [0.29, 0.717) is 6.54 Å². The Balaban J connectivity index is 2.69. The molecule has 0 saturated carbocycles. The number of aryl methyl sites for hydroxylation is 1. The first kappa shape index (κ1) is 11.5. The van der Waals surface area contributed by atoms with Gasteiger partial charge in [0.1, 0.15) is 0 Å². The lowest BCUT2D eigenvalue weighted by Gasteiger charge is -2.00. The third kappa shape index (κ3) is 1.83. The van der Waals surface area contributed by atoms with Gasteiger partial charge < -0.3 is 5.73 Å². The minimum absolute atomic E-state index is 0.428. The van der Waals surface area contributed by atoms with Crippen molar-refractivity contribution in [3.05, 3.63) is 34.2 Å². The molecule has 1 aromatic carbocycles. The topological polar surface area (TPSA) is 26.0 Å². The van der Waals surface area contributed by atoms with Crippen molar-refractivity contribution < 1.29 is 8.78 Å². The zero-order valence-corrected chi connectivity index (χ0v) is 9.83. The van der Waals surface area contributed by atoms with Crippen molar-refractivity contribution in [3.8, 4) is 0 Å². The van der Waals surface area contributed by atoms with E-state index in [1.165, 1.54) is 23.5 Å². The van der Waals surface area contributed by atoms with E-state index in [1.54, 1.807) is 0 Å². The van der Waals surface area contributed by atoms with Crippen LogP contribution in [0.25, 0.3) is 10.1 Å². The Morgan fingerprint density at radius 3 is 2.56 bits per heavy atom. The number of rotatable bonds is 3. The third-order valence-corrected chi connectivity index (χ3v) is 3.82. The Morgan fingerprint density at radius 2 is 1.94 bits per heavy atom. The molecule has 1 aromatic heterocycles. The van der Waals surface area contributed by atoms with Gasteiger partial charge in [0.15, 0.2) is 11.6 Å². The van der Waals surface area contributed by atoms with Gasteiger partial charge in [0.25, 0.3) is 0 Å². The maximum atomic E-state index is 13.2. The molecule has 1 heterocycles. The Hall–Kier alpha value is -1.00. The summed E-state index contributed by atoms with van der Waals surface area (Å²) in [6.45, 7) is 2.49. The van der Waals surface area contributed by atoms with Crippen molar-refractivity contribution in [2.45, 2.75) is 26.3 Å². The summed E-state index contributed by atoms with van der Waals surface area (Å²) < 4.78 is 27.0. The van der Waals surface area contributed by atoms with E-state index in [9.17, 15) is 8.78 Å². The van der Waals surface area contributed by atoms with Crippen LogP contribution in [0.1, 0.15) is 23.8 Å². The fourth-order valence-corrected chi connectivity index (χ4v) is 3.02. The van der Waals surface area contributed by atoms with Gasteiger partial charge in [0.2, 0.25) is 0 Å². The van der Waals surface area contributed by atoms with E-state index in [-0.39, 0.29) is 0 Å². The number of benzene rings is 1. The zero-order valence-electron chi connectivity index (χ0n) is 9.02. The molecule has 0 aliphatic carbocycles. The van der Waals surface area contributed by atoms with Crippen molar-refractivity contribution in [1.29, 1.82) is 0 Å². The predicted molar refractivity (Wildman–Crippen MR) is 63.6 cm³/mol. The summed E-state index contributed by atoms with van der Waals surface area (Å²) in [6, 6.07) is 2.54. The molecular formula is C12H13F2NS. The number of nitrogens with two attached hydrogens (primary N) is 1. The Bertz CT molecular complexity index is 519. The highest BCUT2D eigenvalue weighted by Gasteiger charge is 2.13. The second kappa shape index (κ2) is 4.47. The summed E-state index contributed by atoms with van der Waals surface area (Å²) in [6.07, 6.45) is 1.83. The molecule has 86 valence electrons. The summed E-state index contributed by atoms with van der Waals surface area (Å²) >= 11 is 1.46. The van der Waals surface area contributed by atoms with Crippen molar-refractivity contribution in [3.63, 3.8) is 0 Å². The van der Waals surface area contributed by atoms with Crippen LogP contribution in [0.5, 0.6) is 0 Å². The van der Waals surface area contributed by atoms with Crippen LogP contribution in [0.15, 0.2) is 12.1 Å². The largest absolute Gasteiger partial charge is 0.326 e. The van der Waals surface area contributed by atoms with Crippen molar-refractivity contribution in [2.75, 3.05) is 0 Å². The summed E-state index contributed by atoms with van der Waals surface area (Å²) in [5.41, 5.74) is 6.72. The van der Waals surface area contributed by atoms with Crippen molar-refractivity contribution in [1.82, 2.24) is 0 Å². The van der Waals surface area contributed by atoms with Crippen molar-refractivity contribution in [2.24, 2.45) is 5.73 Å². The molecule has 2 aromatic rings. The number of hydrogen-bond donors (Lipinski definition) is 1. The Labute approximate surface area is 96.9 Å². The van der Waals surface area contributed by atoms with E-state index in [4.69, 9.17) is 5.73 Å². The third-order valence-electron chi connectivity index (χ3n) is 2.60. The Kier molecular flexibility index (Phi) is 3.21. The average Bonchev–Trinajstić information content (AvgIpc) is 2.58. The van der Waals surface area contributed by atoms with Crippen LogP contribution in [0.2, 0.25) is 0 Å². The molecule has 16 heavy (non-hydrogen) atoms. The lowest BCUT2D eigenvalue weighted by molar-refractivity contribution is 0.511. The number of hydrogen-bond acceptors (Lipinski definition) is 2. The maximum absolute atomic E-state index is 13.2. The molecule has 0 aliphatic heterocycles. The smallest absolute Gasteiger partial charge is 0.160 e. The molecule has 0 atom stereocenters. The molecule has 0 aliphatic rings. The zero-order chi connectivity index (χ0) is 11.7. The van der Waals surface area contributed by atoms with Gasteiger partial charge in [0, 0.05) is 16.1 Å². The van der Waals surface area contributed by atoms with Crippen LogP contribution in [0, 0.1) is 11.6 Å². The number of halogens is 2. The van der Waals surface area contributed by atoms with E-state index < -0.39 is 11.6 Å². The van der Waals surface area contributed by atoms with Gasteiger partial charge in [-0.1, -0.05) is 13.3 Å². The molecule has 1 nitrogen and oxygen atoms in total. The van der Waals surface area contributed by atoms with E-state index >= 15 is 0 Å². The van der Waals surface area contributed by atoms with Crippen LogP contribution >= 0.6 is 11.3 Å². The van der Waals surface area contributed by atoms with Crippen LogP contribution in [-0.4, -0.2) is 0 Å². The van der Waals surface area contributed by atoms with Crippen molar-refractivity contribution >= 4 is 21.4 Å². The molecule has 4 heteroatoms. The van der Waals surface area contributed by atoms with Gasteiger partial charge in [-0.15, -0.1) is 11.3 Å². The number of fused-ring (bicyclic) bond motifs is 1. The molecule has 0 amide bonds. The fourth-order valence-electron chi connectivity index (χ4n) is 1.88. The predicted octanol–water partition coefficient (Wildman–Crippen LogP) is 3.59. The normalized spacial score (nSPS) is 11.2. The molecule has 2 rings (SSSR count). The monoisotopic (exact) mass is 241 g/mol. The van der Waals surface area contributed by atoms with Gasteiger partial charge in [-0.3, -0.25) is 0 Å². The lowest BCUT2D eigenvalue weighted by Crippen LogP contribution is -1.97. The molecule has 2 N–H and O–H groups in total. The van der Waals surface area contributed by atoms with E-state index in [2.05, 4.69) is 6.92 Å². The first-order chi connectivity index (χ1) is 7.67. The van der Waals surface area contributed by atoms with E-state index in [0.717, 1.165) is 33.4 Å². The minimum Gasteiger partial charge on any atom is -0.326 e. The highest BCUT2D eigenvalue weighted by atomic mass is 32.1. The summed E-state index contributed by atoms with van der Waals surface area (Å²) in [4.78, 5) is 1.03. The molecular weight excluding hydrogens is 228 g/mol. The molecule has 0 spiro atoms. The summed E-state index contributed by atoms with van der Waals surface area (Å²) in [5.74, 6) is -1.58. The quantitative estimate of drug-likeness (QED) is 0.873. The highest BCUT2D eigenvalue weighted by Crippen LogP contribution is 2.33. The molecule has 0 saturated heterocycles. The second-order valence-electron chi connectivity index (χ2n) is 3.72. The van der Waals surface area contributed by atoms with Gasteiger partial charge in [-0.25, -0.2) is 8.78 Å². The van der Waals surface area contributed by atoms with Crippen LogP contribution in [0.4, 0.5) is 8.78 Å². The van der Waals surface area contributed by atoms with Crippen LogP contribution < -0.4 is 5.73 Å². The first-order valence-corrected chi connectivity index (χ1v) is 6.08. The maximum Gasteiger partial charge on any atom is 0.160 e. The highest BCUT2D eigenvalue weighted by molar-refractivity contribution is 7.19. The van der Waals surface area contributed by atoms with E-state index in [1.807, 2.05) is 0 Å². The second-order valence-corrected chi connectivity index (χ2v) is 4.86. The molecule has 0 unspecified atom stereocenters. The number of thiophene rings is 1. The SMILES string of the molecule is CCCc1c(CN)sc2cc(F)c(F)cc12. The van der Waals surface area contributed by atoms with Gasteiger partial charge in [0.05, 0.1) is 0 Å². The Morgan fingerprint density at radius 1 is 1.25 bits per heavy atom. The lowest BCUT2D eigenvalue weighted by atomic mass is 10.1. The first-order valence-electron chi connectivity index (χ1n) is 5.26. The van der Waals surface area contributed by atoms with Gasteiger partial charge >= 0.3 is 0 Å². The van der Waals surface area contributed by atoms with Gasteiger partial charge in [-0.2, -0.15) is 0 Å². The molecule has 0 radical (unpaired) electrons. The minimum atomic E-state index is -0.791. The standard InChI is InChI=1S/C12H13F2NS/c1-2-3-7-8-4-9(13)10(14)5-11(8)16-12(7)6-15/h4-5H,2-3,6,15H2,1H3. The molecule has 0 fully saturated rings. The summed E-state index contributed by atoms with van der Waals surface area (Å²) in [5, 5.41) is 0.811. The molecule has 0 bridgehead atoms.